The highest BCUT2D eigenvalue weighted by atomic mass is 32.1. The Bertz CT molecular complexity index is 604. The van der Waals surface area contributed by atoms with E-state index in [0.717, 1.165) is 13.1 Å². The zero-order valence-electron chi connectivity index (χ0n) is 14.1. The maximum absolute atomic E-state index is 10.3. The summed E-state index contributed by atoms with van der Waals surface area (Å²) in [6, 6.07) is 14.4. The van der Waals surface area contributed by atoms with Gasteiger partial charge in [-0.1, -0.05) is 36.4 Å². The van der Waals surface area contributed by atoms with Crippen LogP contribution in [0.4, 0.5) is 0 Å². The van der Waals surface area contributed by atoms with Crippen LogP contribution in [0.2, 0.25) is 0 Å². The molecule has 0 saturated carbocycles. The largest absolute Gasteiger partial charge is 0.389 e. The number of aliphatic hydroxyl groups is 1. The third-order valence-electron chi connectivity index (χ3n) is 4.34. The zero-order valence-corrected chi connectivity index (χ0v) is 14.9. The first-order valence-corrected chi connectivity index (χ1v) is 9.24. The molecular formula is C19H25NO3S. The van der Waals surface area contributed by atoms with E-state index in [1.807, 2.05) is 35.7 Å². The quantitative estimate of drug-likeness (QED) is 0.836. The van der Waals surface area contributed by atoms with Crippen molar-refractivity contribution < 1.29 is 14.6 Å². The van der Waals surface area contributed by atoms with Gasteiger partial charge in [-0.2, -0.15) is 0 Å². The lowest BCUT2D eigenvalue weighted by Gasteiger charge is -2.41. The lowest BCUT2D eigenvalue weighted by atomic mass is 9.94. The molecule has 5 heteroatoms. The van der Waals surface area contributed by atoms with Crippen molar-refractivity contribution in [2.75, 3.05) is 32.8 Å². The Labute approximate surface area is 147 Å². The van der Waals surface area contributed by atoms with Gasteiger partial charge < -0.3 is 14.6 Å². The molecule has 3 rings (SSSR count). The molecule has 0 bridgehead atoms. The summed E-state index contributed by atoms with van der Waals surface area (Å²) < 4.78 is 11.7. The molecule has 2 atom stereocenters. The minimum Gasteiger partial charge on any atom is -0.389 e. The predicted molar refractivity (Wildman–Crippen MR) is 96.2 cm³/mol. The maximum Gasteiger partial charge on any atom is 0.103 e. The van der Waals surface area contributed by atoms with E-state index in [4.69, 9.17) is 9.47 Å². The molecule has 1 aromatic carbocycles. The van der Waals surface area contributed by atoms with Crippen LogP contribution >= 0.6 is 11.3 Å². The number of hydrogen-bond acceptors (Lipinski definition) is 5. The molecule has 0 amide bonds. The number of ether oxygens (including phenoxy) is 2. The van der Waals surface area contributed by atoms with Crippen molar-refractivity contribution >= 4 is 11.3 Å². The second kappa shape index (κ2) is 8.23. The normalized spacial score (nSPS) is 23.2. The van der Waals surface area contributed by atoms with Crippen molar-refractivity contribution in [2.24, 2.45) is 0 Å². The summed E-state index contributed by atoms with van der Waals surface area (Å²) in [5.74, 6) is 0. The van der Waals surface area contributed by atoms with Crippen LogP contribution in [0.15, 0.2) is 47.8 Å². The number of hydrogen-bond donors (Lipinski definition) is 1. The minimum absolute atomic E-state index is 0.322. The highest BCUT2D eigenvalue weighted by molar-refractivity contribution is 7.09. The van der Waals surface area contributed by atoms with Crippen molar-refractivity contribution in [3.05, 3.63) is 58.3 Å². The molecule has 4 nitrogen and oxygen atoms in total. The SMILES string of the molecule is CC1(c2ccccc2)CN(CC(O)COCc2cccs2)CCO1. The van der Waals surface area contributed by atoms with Gasteiger partial charge in [-0.15, -0.1) is 11.3 Å². The van der Waals surface area contributed by atoms with Gasteiger partial charge in [0.1, 0.15) is 5.60 Å². The topological polar surface area (TPSA) is 41.9 Å². The van der Waals surface area contributed by atoms with E-state index in [0.29, 0.717) is 26.4 Å². The van der Waals surface area contributed by atoms with E-state index in [1.165, 1.54) is 10.4 Å². The van der Waals surface area contributed by atoms with Crippen molar-refractivity contribution in [3.8, 4) is 0 Å². The van der Waals surface area contributed by atoms with Gasteiger partial charge in [0.25, 0.3) is 0 Å². The Balaban J connectivity index is 1.48. The van der Waals surface area contributed by atoms with E-state index in [1.54, 1.807) is 11.3 Å². The number of nitrogens with zero attached hydrogens (tertiary/aromatic N) is 1. The number of rotatable bonds is 7. The van der Waals surface area contributed by atoms with Crippen LogP contribution in [0, 0.1) is 0 Å². The molecule has 1 fully saturated rings. The van der Waals surface area contributed by atoms with Crippen LogP contribution in [0.25, 0.3) is 0 Å². The van der Waals surface area contributed by atoms with Crippen molar-refractivity contribution in [2.45, 2.75) is 25.2 Å². The molecule has 0 spiro atoms. The van der Waals surface area contributed by atoms with Gasteiger partial charge >= 0.3 is 0 Å². The molecule has 1 aliphatic rings. The maximum atomic E-state index is 10.3. The van der Waals surface area contributed by atoms with Gasteiger partial charge in [0.2, 0.25) is 0 Å². The lowest BCUT2D eigenvalue weighted by Crippen LogP contribution is -2.50. The summed E-state index contributed by atoms with van der Waals surface area (Å²) in [7, 11) is 0. The smallest absolute Gasteiger partial charge is 0.103 e. The first kappa shape index (κ1) is 17.6. The number of thiophene rings is 1. The Morgan fingerprint density at radius 3 is 2.88 bits per heavy atom. The molecule has 1 N–H and O–H groups in total. The van der Waals surface area contributed by atoms with Gasteiger partial charge in [-0.05, 0) is 23.9 Å². The average Bonchev–Trinajstić information content (AvgIpc) is 3.09. The van der Waals surface area contributed by atoms with E-state index in [-0.39, 0.29) is 5.60 Å². The van der Waals surface area contributed by atoms with Gasteiger partial charge in [0.05, 0.1) is 25.9 Å². The van der Waals surface area contributed by atoms with E-state index >= 15 is 0 Å². The summed E-state index contributed by atoms with van der Waals surface area (Å²) in [6.45, 7) is 5.94. The predicted octanol–water partition coefficient (Wildman–Crippen LogP) is 2.87. The molecular weight excluding hydrogens is 322 g/mol. The van der Waals surface area contributed by atoms with E-state index in [9.17, 15) is 5.11 Å². The van der Waals surface area contributed by atoms with Crippen LogP contribution in [0.3, 0.4) is 0 Å². The molecule has 1 aromatic heterocycles. The first-order chi connectivity index (χ1) is 11.7. The molecule has 24 heavy (non-hydrogen) atoms. The number of morpholine rings is 1. The minimum atomic E-state index is -0.483. The number of benzene rings is 1. The average molecular weight is 347 g/mol. The first-order valence-electron chi connectivity index (χ1n) is 8.36. The lowest BCUT2D eigenvalue weighted by molar-refractivity contribution is -0.113. The van der Waals surface area contributed by atoms with Gasteiger partial charge in [0.15, 0.2) is 0 Å². The second-order valence-corrected chi connectivity index (χ2v) is 7.46. The van der Waals surface area contributed by atoms with Gasteiger partial charge in [-0.3, -0.25) is 4.90 Å². The summed E-state index contributed by atoms with van der Waals surface area (Å²) >= 11 is 1.67. The van der Waals surface area contributed by atoms with E-state index < -0.39 is 6.10 Å². The van der Waals surface area contributed by atoms with Crippen LogP contribution in [-0.4, -0.2) is 49.0 Å². The fourth-order valence-corrected chi connectivity index (χ4v) is 3.75. The molecule has 130 valence electrons. The van der Waals surface area contributed by atoms with Crippen LogP contribution in [-0.2, 0) is 21.7 Å². The molecule has 0 aliphatic carbocycles. The summed E-state index contributed by atoms with van der Waals surface area (Å²) in [5, 5.41) is 12.3. The Hall–Kier alpha value is -1.24. The number of β-amino-alcohol motifs (C(OH)–C–C–N with tert-alkyl or cyclic N) is 1. The van der Waals surface area contributed by atoms with Crippen LogP contribution in [0.5, 0.6) is 0 Å². The van der Waals surface area contributed by atoms with Crippen molar-refractivity contribution in [1.29, 1.82) is 0 Å². The van der Waals surface area contributed by atoms with Crippen LogP contribution < -0.4 is 0 Å². The fourth-order valence-electron chi connectivity index (χ4n) is 3.11. The van der Waals surface area contributed by atoms with Crippen molar-refractivity contribution in [3.63, 3.8) is 0 Å². The second-order valence-electron chi connectivity index (χ2n) is 6.43. The molecule has 1 aliphatic heterocycles. The third-order valence-corrected chi connectivity index (χ3v) is 5.19. The van der Waals surface area contributed by atoms with Crippen molar-refractivity contribution in [1.82, 2.24) is 4.90 Å². The highest BCUT2D eigenvalue weighted by Crippen LogP contribution is 2.29. The standard InChI is InChI=1S/C19H25NO3S/c1-19(16-6-3-2-4-7-16)15-20(9-10-23-19)12-17(21)13-22-14-18-8-5-11-24-18/h2-8,11,17,21H,9-10,12-15H2,1H3. The van der Waals surface area contributed by atoms with Gasteiger partial charge in [-0.25, -0.2) is 0 Å². The third kappa shape index (κ3) is 4.65. The molecule has 0 radical (unpaired) electrons. The molecule has 2 unspecified atom stereocenters. The Morgan fingerprint density at radius 1 is 1.29 bits per heavy atom. The summed E-state index contributed by atoms with van der Waals surface area (Å²) in [5.41, 5.74) is 0.856. The van der Waals surface area contributed by atoms with Gasteiger partial charge in [0, 0.05) is 24.5 Å². The Morgan fingerprint density at radius 2 is 2.12 bits per heavy atom. The molecule has 2 aromatic rings. The molecule has 1 saturated heterocycles. The van der Waals surface area contributed by atoms with E-state index in [2.05, 4.69) is 24.0 Å². The summed E-state index contributed by atoms with van der Waals surface area (Å²) in [6.07, 6.45) is -0.483. The summed E-state index contributed by atoms with van der Waals surface area (Å²) in [4.78, 5) is 3.44. The Kier molecular flexibility index (Phi) is 6.03. The monoisotopic (exact) mass is 347 g/mol. The molecule has 2 heterocycles. The van der Waals surface area contributed by atoms with Crippen LogP contribution in [0.1, 0.15) is 17.4 Å². The zero-order chi connectivity index (χ0) is 16.8. The number of aliphatic hydroxyl groups excluding tert-OH is 1. The fraction of sp³-hybridized carbons (Fsp3) is 0.474. The highest BCUT2D eigenvalue weighted by Gasteiger charge is 2.34.